The van der Waals surface area contributed by atoms with Gasteiger partial charge in [-0.25, -0.2) is 9.67 Å². The SMILES string of the molecule is CNCc1ncnn1CC1CCC1. The van der Waals surface area contributed by atoms with Crippen molar-refractivity contribution in [1.82, 2.24) is 20.1 Å². The van der Waals surface area contributed by atoms with Gasteiger partial charge in [-0.1, -0.05) is 6.42 Å². The lowest BCUT2D eigenvalue weighted by Crippen LogP contribution is -2.22. The second kappa shape index (κ2) is 3.87. The van der Waals surface area contributed by atoms with Crippen molar-refractivity contribution < 1.29 is 0 Å². The van der Waals surface area contributed by atoms with Gasteiger partial charge in [-0.2, -0.15) is 5.10 Å². The zero-order valence-electron chi connectivity index (χ0n) is 8.03. The van der Waals surface area contributed by atoms with Gasteiger partial charge in [0.25, 0.3) is 0 Å². The van der Waals surface area contributed by atoms with E-state index in [0.29, 0.717) is 0 Å². The van der Waals surface area contributed by atoms with Crippen LogP contribution in [0.5, 0.6) is 0 Å². The topological polar surface area (TPSA) is 42.7 Å². The van der Waals surface area contributed by atoms with E-state index in [1.165, 1.54) is 19.3 Å². The first-order valence-electron chi connectivity index (χ1n) is 4.91. The molecule has 0 spiro atoms. The van der Waals surface area contributed by atoms with Crippen molar-refractivity contribution in [3.8, 4) is 0 Å². The van der Waals surface area contributed by atoms with Crippen LogP contribution in [-0.4, -0.2) is 21.8 Å². The second-order valence-electron chi connectivity index (χ2n) is 3.69. The Hall–Kier alpha value is -0.900. The number of nitrogens with one attached hydrogen (secondary N) is 1. The van der Waals surface area contributed by atoms with Gasteiger partial charge in [0.2, 0.25) is 0 Å². The van der Waals surface area contributed by atoms with Gasteiger partial charge in [-0.15, -0.1) is 0 Å². The Morgan fingerprint density at radius 2 is 2.46 bits per heavy atom. The van der Waals surface area contributed by atoms with Crippen molar-refractivity contribution in [2.45, 2.75) is 32.4 Å². The maximum atomic E-state index is 4.22. The average molecular weight is 180 g/mol. The first kappa shape index (κ1) is 8.69. The lowest BCUT2D eigenvalue weighted by atomic mass is 9.85. The first-order chi connectivity index (χ1) is 6.40. The summed E-state index contributed by atoms with van der Waals surface area (Å²) in [7, 11) is 1.93. The molecule has 1 N–H and O–H groups in total. The summed E-state index contributed by atoms with van der Waals surface area (Å²) in [5, 5.41) is 7.32. The Balaban J connectivity index is 1.96. The van der Waals surface area contributed by atoms with Crippen LogP contribution in [0.3, 0.4) is 0 Å². The van der Waals surface area contributed by atoms with Gasteiger partial charge in [0.05, 0.1) is 6.54 Å². The molecule has 13 heavy (non-hydrogen) atoms. The Kier molecular flexibility index (Phi) is 2.59. The van der Waals surface area contributed by atoms with Gasteiger partial charge in [-0.05, 0) is 25.8 Å². The Labute approximate surface area is 78.4 Å². The first-order valence-corrected chi connectivity index (χ1v) is 4.91. The summed E-state index contributed by atoms with van der Waals surface area (Å²) in [6.07, 6.45) is 5.75. The highest BCUT2D eigenvalue weighted by molar-refractivity contribution is 4.85. The monoisotopic (exact) mass is 180 g/mol. The largest absolute Gasteiger partial charge is 0.313 e. The van der Waals surface area contributed by atoms with E-state index in [2.05, 4.69) is 15.4 Å². The fourth-order valence-corrected chi connectivity index (χ4v) is 1.66. The molecule has 2 rings (SSSR count). The standard InChI is InChI=1S/C9H16N4/c1-10-5-9-11-7-12-13(9)6-8-3-2-4-8/h7-8,10H,2-6H2,1H3. The average Bonchev–Trinajstić information content (AvgIpc) is 2.46. The molecule has 0 amide bonds. The summed E-state index contributed by atoms with van der Waals surface area (Å²) in [5.41, 5.74) is 0. The normalized spacial score (nSPS) is 17.3. The lowest BCUT2D eigenvalue weighted by molar-refractivity contribution is 0.262. The molecule has 1 aromatic heterocycles. The van der Waals surface area contributed by atoms with Crippen molar-refractivity contribution in [2.75, 3.05) is 7.05 Å². The highest BCUT2D eigenvalue weighted by Gasteiger charge is 2.19. The van der Waals surface area contributed by atoms with Crippen molar-refractivity contribution in [3.05, 3.63) is 12.2 Å². The molecule has 0 atom stereocenters. The van der Waals surface area contributed by atoms with Gasteiger partial charge in [0.15, 0.2) is 0 Å². The van der Waals surface area contributed by atoms with Crippen LogP contribution < -0.4 is 5.32 Å². The summed E-state index contributed by atoms with van der Waals surface area (Å²) >= 11 is 0. The van der Waals surface area contributed by atoms with E-state index in [-0.39, 0.29) is 0 Å². The molecule has 0 saturated heterocycles. The van der Waals surface area contributed by atoms with Crippen LogP contribution in [0.4, 0.5) is 0 Å². The van der Waals surface area contributed by atoms with E-state index in [1.807, 2.05) is 11.7 Å². The zero-order valence-corrected chi connectivity index (χ0v) is 8.03. The highest BCUT2D eigenvalue weighted by atomic mass is 15.3. The summed E-state index contributed by atoms with van der Waals surface area (Å²) in [5.74, 6) is 1.90. The van der Waals surface area contributed by atoms with E-state index < -0.39 is 0 Å². The number of hydrogen-bond acceptors (Lipinski definition) is 3. The quantitative estimate of drug-likeness (QED) is 0.745. The minimum absolute atomic E-state index is 0.812. The Bertz CT molecular complexity index is 264. The molecule has 1 saturated carbocycles. The van der Waals surface area contributed by atoms with E-state index in [4.69, 9.17) is 0 Å². The minimum atomic E-state index is 0.812. The molecule has 72 valence electrons. The van der Waals surface area contributed by atoms with Gasteiger partial charge in [-0.3, -0.25) is 0 Å². The molecule has 0 radical (unpaired) electrons. The fourth-order valence-electron chi connectivity index (χ4n) is 1.66. The molecule has 0 unspecified atom stereocenters. The smallest absolute Gasteiger partial charge is 0.140 e. The maximum absolute atomic E-state index is 4.22. The molecule has 1 aliphatic carbocycles. The molecular formula is C9H16N4. The fraction of sp³-hybridized carbons (Fsp3) is 0.778. The van der Waals surface area contributed by atoms with Crippen LogP contribution in [-0.2, 0) is 13.1 Å². The van der Waals surface area contributed by atoms with Crippen LogP contribution in [0.1, 0.15) is 25.1 Å². The molecule has 1 aliphatic rings. The Morgan fingerprint density at radius 3 is 3.08 bits per heavy atom. The van der Waals surface area contributed by atoms with Crippen LogP contribution in [0, 0.1) is 5.92 Å². The van der Waals surface area contributed by atoms with Gasteiger partial charge >= 0.3 is 0 Å². The molecule has 4 nitrogen and oxygen atoms in total. The third-order valence-corrected chi connectivity index (χ3v) is 2.69. The summed E-state index contributed by atoms with van der Waals surface area (Å²) in [6.45, 7) is 1.86. The summed E-state index contributed by atoms with van der Waals surface area (Å²) < 4.78 is 2.03. The maximum Gasteiger partial charge on any atom is 0.140 e. The molecule has 1 fully saturated rings. The van der Waals surface area contributed by atoms with Crippen molar-refractivity contribution in [2.24, 2.45) is 5.92 Å². The summed E-state index contributed by atoms with van der Waals surface area (Å²) in [4.78, 5) is 4.21. The number of nitrogens with zero attached hydrogens (tertiary/aromatic N) is 3. The molecule has 0 bridgehead atoms. The number of hydrogen-bond donors (Lipinski definition) is 1. The molecule has 0 aromatic carbocycles. The zero-order chi connectivity index (χ0) is 9.10. The predicted octanol–water partition coefficient (Wildman–Crippen LogP) is 0.798. The molecule has 1 heterocycles. The van der Waals surface area contributed by atoms with Crippen LogP contribution in [0.2, 0.25) is 0 Å². The highest BCUT2D eigenvalue weighted by Crippen LogP contribution is 2.27. The van der Waals surface area contributed by atoms with E-state index >= 15 is 0 Å². The number of aromatic nitrogens is 3. The van der Waals surface area contributed by atoms with Crippen molar-refractivity contribution in [1.29, 1.82) is 0 Å². The van der Waals surface area contributed by atoms with Gasteiger partial charge in [0, 0.05) is 6.54 Å². The summed E-state index contributed by atoms with van der Waals surface area (Å²) in [6, 6.07) is 0. The third-order valence-electron chi connectivity index (χ3n) is 2.69. The van der Waals surface area contributed by atoms with Crippen LogP contribution in [0.25, 0.3) is 0 Å². The minimum Gasteiger partial charge on any atom is -0.313 e. The van der Waals surface area contributed by atoms with Crippen LogP contribution in [0.15, 0.2) is 6.33 Å². The molecule has 0 aliphatic heterocycles. The predicted molar refractivity (Wildman–Crippen MR) is 50.1 cm³/mol. The van der Waals surface area contributed by atoms with E-state index in [9.17, 15) is 0 Å². The van der Waals surface area contributed by atoms with Crippen LogP contribution >= 0.6 is 0 Å². The second-order valence-corrected chi connectivity index (χ2v) is 3.69. The molecule has 1 aromatic rings. The molecule has 4 heteroatoms. The third kappa shape index (κ3) is 1.88. The van der Waals surface area contributed by atoms with E-state index in [0.717, 1.165) is 24.8 Å². The van der Waals surface area contributed by atoms with Gasteiger partial charge < -0.3 is 5.32 Å². The molecular weight excluding hydrogens is 164 g/mol. The Morgan fingerprint density at radius 1 is 1.62 bits per heavy atom. The number of rotatable bonds is 4. The van der Waals surface area contributed by atoms with Crippen molar-refractivity contribution >= 4 is 0 Å². The lowest BCUT2D eigenvalue weighted by Gasteiger charge is -2.25. The van der Waals surface area contributed by atoms with Gasteiger partial charge in [0.1, 0.15) is 12.2 Å². The van der Waals surface area contributed by atoms with Crippen molar-refractivity contribution in [3.63, 3.8) is 0 Å². The van der Waals surface area contributed by atoms with E-state index in [1.54, 1.807) is 6.33 Å².